The van der Waals surface area contributed by atoms with Gasteiger partial charge in [-0.25, -0.2) is 9.97 Å². The Morgan fingerprint density at radius 1 is 1.33 bits per heavy atom. The minimum absolute atomic E-state index is 0.334. The zero-order valence-corrected chi connectivity index (χ0v) is 12.5. The van der Waals surface area contributed by atoms with Gasteiger partial charge in [-0.05, 0) is 31.4 Å². The third kappa shape index (κ3) is 2.51. The van der Waals surface area contributed by atoms with E-state index in [4.69, 9.17) is 5.73 Å². The minimum Gasteiger partial charge on any atom is -0.393 e. The maximum atomic E-state index is 6.29. The molecule has 110 valence electrons. The molecule has 5 nitrogen and oxygen atoms in total. The monoisotopic (exact) mass is 283 g/mol. The molecule has 0 aliphatic carbocycles. The Labute approximate surface area is 125 Å². The fourth-order valence-corrected chi connectivity index (χ4v) is 2.61. The minimum atomic E-state index is 0.334. The lowest BCUT2D eigenvalue weighted by atomic mass is 10.2. The van der Waals surface area contributed by atoms with Gasteiger partial charge >= 0.3 is 0 Å². The van der Waals surface area contributed by atoms with E-state index < -0.39 is 0 Å². The highest BCUT2D eigenvalue weighted by molar-refractivity contribution is 5.81. The molecule has 1 aromatic heterocycles. The fraction of sp³-hybridized carbons (Fsp3) is 0.375. The van der Waals surface area contributed by atoms with E-state index >= 15 is 0 Å². The summed E-state index contributed by atoms with van der Waals surface area (Å²) in [5, 5.41) is 3.34. The average Bonchev–Trinajstić information content (AvgIpc) is 2.93. The van der Waals surface area contributed by atoms with Gasteiger partial charge in [-0.15, -0.1) is 0 Å². The highest BCUT2D eigenvalue weighted by Gasteiger charge is 2.24. The van der Waals surface area contributed by atoms with Gasteiger partial charge in [0.2, 0.25) is 0 Å². The average molecular weight is 283 g/mol. The number of hydrogen-bond acceptors (Lipinski definition) is 5. The van der Waals surface area contributed by atoms with Crippen LogP contribution in [-0.2, 0) is 6.42 Å². The van der Waals surface area contributed by atoms with Crippen LogP contribution in [0.2, 0.25) is 0 Å². The molecule has 0 spiro atoms. The second kappa shape index (κ2) is 5.60. The molecule has 1 aromatic carbocycles. The van der Waals surface area contributed by atoms with E-state index in [0.717, 1.165) is 31.0 Å². The summed E-state index contributed by atoms with van der Waals surface area (Å²) in [6, 6.07) is 8.73. The van der Waals surface area contributed by atoms with Crippen LogP contribution in [-0.4, -0.2) is 22.6 Å². The molecule has 3 rings (SSSR count). The van der Waals surface area contributed by atoms with Crippen molar-refractivity contribution in [2.75, 3.05) is 22.5 Å². The Bertz CT molecular complexity index is 640. The number of para-hydroxylation sites is 1. The largest absolute Gasteiger partial charge is 0.393 e. The summed E-state index contributed by atoms with van der Waals surface area (Å²) in [6.07, 6.45) is 3.62. The normalized spacial score (nSPS) is 14.9. The zero-order valence-electron chi connectivity index (χ0n) is 12.5. The van der Waals surface area contributed by atoms with Gasteiger partial charge in [-0.1, -0.05) is 25.1 Å². The third-order valence-corrected chi connectivity index (χ3v) is 4.00. The van der Waals surface area contributed by atoms with Gasteiger partial charge in [0.25, 0.3) is 0 Å². The highest BCUT2D eigenvalue weighted by atomic mass is 15.2. The van der Waals surface area contributed by atoms with Crippen molar-refractivity contribution in [3.63, 3.8) is 0 Å². The molecule has 0 radical (unpaired) electrons. The number of anilines is 4. The summed E-state index contributed by atoms with van der Waals surface area (Å²) in [5.41, 5.74) is 9.45. The predicted octanol–water partition coefficient (Wildman–Crippen LogP) is 2.96. The number of rotatable bonds is 4. The van der Waals surface area contributed by atoms with Crippen LogP contribution in [0.15, 0.2) is 30.6 Å². The van der Waals surface area contributed by atoms with Crippen molar-refractivity contribution in [1.29, 1.82) is 0 Å². The van der Waals surface area contributed by atoms with Gasteiger partial charge in [0.1, 0.15) is 12.0 Å². The molecule has 21 heavy (non-hydrogen) atoms. The number of aromatic nitrogens is 2. The van der Waals surface area contributed by atoms with Crippen molar-refractivity contribution in [3.8, 4) is 0 Å². The SMILES string of the molecule is CCC(C)Nc1ncnc(N2CCc3ccccc32)c1N. The number of nitrogens with two attached hydrogens (primary N) is 1. The van der Waals surface area contributed by atoms with E-state index in [1.807, 2.05) is 6.07 Å². The van der Waals surface area contributed by atoms with Crippen LogP contribution in [0.4, 0.5) is 23.0 Å². The van der Waals surface area contributed by atoms with Crippen LogP contribution < -0.4 is 16.0 Å². The summed E-state index contributed by atoms with van der Waals surface area (Å²) < 4.78 is 0. The second-order valence-electron chi connectivity index (χ2n) is 5.44. The molecule has 0 amide bonds. The molecular weight excluding hydrogens is 262 g/mol. The number of benzene rings is 1. The second-order valence-corrected chi connectivity index (χ2v) is 5.44. The topological polar surface area (TPSA) is 67.1 Å². The number of nitrogens with one attached hydrogen (secondary N) is 1. The van der Waals surface area contributed by atoms with Crippen LogP contribution >= 0.6 is 0 Å². The first-order chi connectivity index (χ1) is 10.2. The number of fused-ring (bicyclic) bond motifs is 1. The van der Waals surface area contributed by atoms with Crippen molar-refractivity contribution in [3.05, 3.63) is 36.2 Å². The van der Waals surface area contributed by atoms with Crippen molar-refractivity contribution in [1.82, 2.24) is 9.97 Å². The standard InChI is InChI=1S/C16H21N5/c1-3-11(2)20-15-14(17)16(19-10-18-15)21-9-8-12-6-4-5-7-13(12)21/h4-7,10-11H,3,8-9,17H2,1-2H3,(H,18,19,20). The highest BCUT2D eigenvalue weighted by Crippen LogP contribution is 2.37. The Hall–Kier alpha value is -2.30. The lowest BCUT2D eigenvalue weighted by Crippen LogP contribution is -2.20. The van der Waals surface area contributed by atoms with Crippen molar-refractivity contribution in [2.45, 2.75) is 32.7 Å². The van der Waals surface area contributed by atoms with Gasteiger partial charge in [0.15, 0.2) is 11.6 Å². The molecule has 1 atom stereocenters. The van der Waals surface area contributed by atoms with Gasteiger partial charge in [0.05, 0.1) is 0 Å². The van der Waals surface area contributed by atoms with E-state index in [1.54, 1.807) is 6.33 Å². The van der Waals surface area contributed by atoms with Crippen LogP contribution in [0.1, 0.15) is 25.8 Å². The summed E-state index contributed by atoms with van der Waals surface area (Å²) >= 11 is 0. The Kier molecular flexibility index (Phi) is 3.64. The van der Waals surface area contributed by atoms with Crippen molar-refractivity contribution < 1.29 is 0 Å². The summed E-state index contributed by atoms with van der Waals surface area (Å²) in [4.78, 5) is 10.9. The van der Waals surface area contributed by atoms with Crippen LogP contribution in [0, 0.1) is 0 Å². The molecule has 2 aromatic rings. The van der Waals surface area contributed by atoms with Gasteiger partial charge < -0.3 is 16.0 Å². The molecule has 1 unspecified atom stereocenters. The maximum Gasteiger partial charge on any atom is 0.161 e. The first-order valence-electron chi connectivity index (χ1n) is 7.43. The Morgan fingerprint density at radius 2 is 2.14 bits per heavy atom. The van der Waals surface area contributed by atoms with E-state index in [2.05, 4.69) is 52.2 Å². The maximum absolute atomic E-state index is 6.29. The number of hydrogen-bond donors (Lipinski definition) is 2. The quantitative estimate of drug-likeness (QED) is 0.903. The summed E-state index contributed by atoms with van der Waals surface area (Å²) in [6.45, 7) is 5.16. The molecule has 0 fully saturated rings. The third-order valence-electron chi connectivity index (χ3n) is 4.00. The van der Waals surface area contributed by atoms with E-state index in [-0.39, 0.29) is 0 Å². The molecule has 2 heterocycles. The van der Waals surface area contributed by atoms with E-state index in [0.29, 0.717) is 11.7 Å². The van der Waals surface area contributed by atoms with Gasteiger partial charge in [0, 0.05) is 18.3 Å². The Balaban J connectivity index is 1.95. The first-order valence-corrected chi connectivity index (χ1v) is 7.43. The Morgan fingerprint density at radius 3 is 2.95 bits per heavy atom. The van der Waals surface area contributed by atoms with Crippen molar-refractivity contribution >= 4 is 23.0 Å². The molecule has 3 N–H and O–H groups in total. The molecule has 1 aliphatic heterocycles. The summed E-state index contributed by atoms with van der Waals surface area (Å²) in [5.74, 6) is 1.51. The number of nitrogens with zero attached hydrogens (tertiary/aromatic N) is 3. The molecule has 5 heteroatoms. The van der Waals surface area contributed by atoms with E-state index in [1.165, 1.54) is 11.3 Å². The van der Waals surface area contributed by atoms with Crippen molar-refractivity contribution in [2.24, 2.45) is 0 Å². The van der Waals surface area contributed by atoms with Gasteiger partial charge in [-0.3, -0.25) is 0 Å². The first kappa shape index (κ1) is 13.7. The molecule has 1 aliphatic rings. The van der Waals surface area contributed by atoms with Crippen LogP contribution in [0.3, 0.4) is 0 Å². The molecule has 0 saturated carbocycles. The van der Waals surface area contributed by atoms with Gasteiger partial charge in [-0.2, -0.15) is 0 Å². The predicted molar refractivity (Wildman–Crippen MR) is 87.0 cm³/mol. The lowest BCUT2D eigenvalue weighted by molar-refractivity contribution is 0.758. The molecule has 0 bridgehead atoms. The smallest absolute Gasteiger partial charge is 0.161 e. The zero-order chi connectivity index (χ0) is 14.8. The molecular formula is C16H21N5. The van der Waals surface area contributed by atoms with Crippen LogP contribution in [0.25, 0.3) is 0 Å². The molecule has 0 saturated heterocycles. The van der Waals surface area contributed by atoms with Crippen LogP contribution in [0.5, 0.6) is 0 Å². The van der Waals surface area contributed by atoms with E-state index in [9.17, 15) is 0 Å². The lowest BCUT2D eigenvalue weighted by Gasteiger charge is -2.22. The number of nitrogen functional groups attached to an aromatic ring is 1. The summed E-state index contributed by atoms with van der Waals surface area (Å²) in [7, 11) is 0. The fourth-order valence-electron chi connectivity index (χ4n) is 2.61.